The molecule has 0 spiro atoms. The molecular weight excluding hydrogens is 402 g/mol. The third kappa shape index (κ3) is 4.88. The molecule has 0 radical (unpaired) electrons. The van der Waals surface area contributed by atoms with Crippen molar-refractivity contribution in [3.8, 4) is 5.69 Å². The van der Waals surface area contributed by atoms with Crippen molar-refractivity contribution in [2.24, 2.45) is 5.92 Å². The molecule has 7 heteroatoms. The number of benzene rings is 1. The summed E-state index contributed by atoms with van der Waals surface area (Å²) in [5, 5.41) is 4.55. The molecule has 0 saturated carbocycles. The van der Waals surface area contributed by atoms with Crippen molar-refractivity contribution >= 4 is 11.8 Å². The number of carbonyl (C=O) groups excluding carboxylic acids is 2. The largest absolute Gasteiger partial charge is 0.341 e. The van der Waals surface area contributed by atoms with E-state index in [0.29, 0.717) is 32.5 Å². The highest BCUT2D eigenvalue weighted by atomic mass is 16.2. The molecule has 1 atom stereocenters. The summed E-state index contributed by atoms with van der Waals surface area (Å²) in [6, 6.07) is 15.8. The van der Waals surface area contributed by atoms with Crippen LogP contribution in [0.2, 0.25) is 0 Å². The van der Waals surface area contributed by atoms with Gasteiger partial charge in [0, 0.05) is 38.4 Å². The Labute approximate surface area is 188 Å². The van der Waals surface area contributed by atoms with Crippen LogP contribution in [0.4, 0.5) is 0 Å². The lowest BCUT2D eigenvalue weighted by molar-refractivity contribution is -0.143. The van der Waals surface area contributed by atoms with Gasteiger partial charge in [0.1, 0.15) is 0 Å². The van der Waals surface area contributed by atoms with Gasteiger partial charge in [-0.05, 0) is 56.2 Å². The first kappa shape index (κ1) is 21.7. The molecule has 166 valence electrons. The molecule has 1 saturated heterocycles. The molecule has 0 aliphatic carbocycles. The lowest BCUT2D eigenvalue weighted by atomic mass is 9.95. The molecule has 2 aromatic heterocycles. The summed E-state index contributed by atoms with van der Waals surface area (Å²) in [6.07, 6.45) is 2.71. The molecule has 2 amide bonds. The van der Waals surface area contributed by atoms with Gasteiger partial charge in [0.15, 0.2) is 0 Å². The predicted molar refractivity (Wildman–Crippen MR) is 122 cm³/mol. The van der Waals surface area contributed by atoms with Crippen molar-refractivity contribution in [1.29, 1.82) is 0 Å². The van der Waals surface area contributed by atoms with E-state index in [1.807, 2.05) is 68.0 Å². The van der Waals surface area contributed by atoms with E-state index in [2.05, 4.69) is 16.1 Å². The third-order valence-electron chi connectivity index (χ3n) is 5.89. The van der Waals surface area contributed by atoms with Gasteiger partial charge in [-0.3, -0.25) is 14.6 Å². The van der Waals surface area contributed by atoms with Crippen LogP contribution in [0.3, 0.4) is 0 Å². The first-order valence-corrected chi connectivity index (χ1v) is 11.0. The average molecular weight is 432 g/mol. The standard InChI is InChI=1S/C25H29N5O2/c1-18-13-19(2)30(27-18)23-9-6-7-20(14-23)15-28(3)25(32)21-10-11-24(31)29(16-21)17-22-8-4-5-12-26-22/h4-9,12-14,21H,10-11,15-17H2,1-3H3/t21-/m1/s1. The summed E-state index contributed by atoms with van der Waals surface area (Å²) in [5.41, 5.74) is 4.91. The maximum Gasteiger partial charge on any atom is 0.227 e. The van der Waals surface area contributed by atoms with Crippen LogP contribution in [-0.4, -0.2) is 50.0 Å². The molecule has 7 nitrogen and oxygen atoms in total. The molecule has 1 aliphatic heterocycles. The van der Waals surface area contributed by atoms with Gasteiger partial charge >= 0.3 is 0 Å². The van der Waals surface area contributed by atoms with E-state index >= 15 is 0 Å². The molecule has 3 heterocycles. The van der Waals surface area contributed by atoms with Crippen LogP contribution in [-0.2, 0) is 22.7 Å². The minimum absolute atomic E-state index is 0.0695. The van der Waals surface area contributed by atoms with Crippen LogP contribution < -0.4 is 0 Å². The number of pyridine rings is 1. The smallest absolute Gasteiger partial charge is 0.227 e. The van der Waals surface area contributed by atoms with Crippen LogP contribution in [0, 0.1) is 19.8 Å². The highest BCUT2D eigenvalue weighted by molar-refractivity contribution is 5.83. The summed E-state index contributed by atoms with van der Waals surface area (Å²) < 4.78 is 1.92. The van der Waals surface area contributed by atoms with Gasteiger partial charge in [-0.1, -0.05) is 18.2 Å². The zero-order valence-corrected chi connectivity index (χ0v) is 18.9. The number of amides is 2. The molecule has 0 N–H and O–H groups in total. The van der Waals surface area contributed by atoms with Crippen molar-refractivity contribution in [3.05, 3.63) is 77.4 Å². The zero-order valence-electron chi connectivity index (χ0n) is 18.9. The number of hydrogen-bond donors (Lipinski definition) is 0. The predicted octanol–water partition coefficient (Wildman–Crippen LogP) is 3.28. The van der Waals surface area contributed by atoms with E-state index < -0.39 is 0 Å². The van der Waals surface area contributed by atoms with Gasteiger partial charge in [0.2, 0.25) is 11.8 Å². The number of likely N-dealkylation sites (tertiary alicyclic amines) is 1. The van der Waals surface area contributed by atoms with E-state index in [1.165, 1.54) is 0 Å². The van der Waals surface area contributed by atoms with E-state index in [0.717, 1.165) is 28.3 Å². The number of nitrogens with zero attached hydrogens (tertiary/aromatic N) is 5. The van der Waals surface area contributed by atoms with E-state index in [1.54, 1.807) is 16.0 Å². The molecule has 32 heavy (non-hydrogen) atoms. The minimum Gasteiger partial charge on any atom is -0.341 e. The third-order valence-corrected chi connectivity index (χ3v) is 5.89. The van der Waals surface area contributed by atoms with Crippen molar-refractivity contribution < 1.29 is 9.59 Å². The molecule has 3 aromatic rings. The summed E-state index contributed by atoms with van der Waals surface area (Å²) in [5.74, 6) is -0.0411. The van der Waals surface area contributed by atoms with Gasteiger partial charge in [-0.15, -0.1) is 0 Å². The Morgan fingerprint density at radius 3 is 2.72 bits per heavy atom. The number of rotatable bonds is 6. The number of piperidine rings is 1. The van der Waals surface area contributed by atoms with Gasteiger partial charge in [0.05, 0.1) is 29.5 Å². The van der Waals surface area contributed by atoms with Gasteiger partial charge in [-0.2, -0.15) is 5.10 Å². The Hall–Kier alpha value is -3.48. The Kier molecular flexibility index (Phi) is 6.35. The zero-order chi connectivity index (χ0) is 22.7. The SMILES string of the molecule is Cc1cc(C)n(-c2cccc(CN(C)C(=O)[C@@H]3CCC(=O)N(Cc4ccccn4)C3)c2)n1. The Bertz CT molecular complexity index is 1110. The molecule has 1 fully saturated rings. The van der Waals surface area contributed by atoms with Crippen LogP contribution in [0.1, 0.15) is 35.5 Å². The highest BCUT2D eigenvalue weighted by Crippen LogP contribution is 2.22. The molecule has 1 aromatic carbocycles. The maximum absolute atomic E-state index is 13.2. The lowest BCUT2D eigenvalue weighted by Gasteiger charge is -2.33. The monoisotopic (exact) mass is 431 g/mol. The van der Waals surface area contributed by atoms with Crippen molar-refractivity contribution in [2.45, 2.75) is 39.8 Å². The van der Waals surface area contributed by atoms with Crippen molar-refractivity contribution in [2.75, 3.05) is 13.6 Å². The number of carbonyl (C=O) groups is 2. The second kappa shape index (κ2) is 9.34. The summed E-state index contributed by atoms with van der Waals surface area (Å²) in [7, 11) is 1.83. The fourth-order valence-electron chi connectivity index (χ4n) is 4.30. The Morgan fingerprint density at radius 1 is 1.16 bits per heavy atom. The quantitative estimate of drug-likeness (QED) is 0.601. The van der Waals surface area contributed by atoms with E-state index in [4.69, 9.17) is 0 Å². The van der Waals surface area contributed by atoms with Crippen LogP contribution in [0.15, 0.2) is 54.7 Å². The van der Waals surface area contributed by atoms with Crippen LogP contribution >= 0.6 is 0 Å². The van der Waals surface area contributed by atoms with E-state index in [-0.39, 0.29) is 17.7 Å². The van der Waals surface area contributed by atoms with Crippen molar-refractivity contribution in [3.63, 3.8) is 0 Å². The minimum atomic E-state index is -0.194. The first-order chi connectivity index (χ1) is 15.4. The summed E-state index contributed by atoms with van der Waals surface area (Å²) in [4.78, 5) is 33.4. The van der Waals surface area contributed by atoms with Crippen molar-refractivity contribution in [1.82, 2.24) is 24.6 Å². The normalized spacial score (nSPS) is 16.3. The maximum atomic E-state index is 13.2. The number of aromatic nitrogens is 3. The molecule has 0 bridgehead atoms. The molecule has 4 rings (SSSR count). The first-order valence-electron chi connectivity index (χ1n) is 11.0. The highest BCUT2D eigenvalue weighted by Gasteiger charge is 2.32. The second-order valence-electron chi connectivity index (χ2n) is 8.53. The fourth-order valence-corrected chi connectivity index (χ4v) is 4.30. The Morgan fingerprint density at radius 2 is 2.00 bits per heavy atom. The Balaban J connectivity index is 1.42. The molecule has 1 aliphatic rings. The number of hydrogen-bond acceptors (Lipinski definition) is 4. The van der Waals surface area contributed by atoms with E-state index in [9.17, 15) is 9.59 Å². The molecular formula is C25H29N5O2. The topological polar surface area (TPSA) is 71.3 Å². The second-order valence-corrected chi connectivity index (χ2v) is 8.53. The van der Waals surface area contributed by atoms with Gasteiger partial charge in [-0.25, -0.2) is 4.68 Å². The summed E-state index contributed by atoms with van der Waals surface area (Å²) in [6.45, 7) is 5.40. The van der Waals surface area contributed by atoms with Gasteiger partial charge in [0.25, 0.3) is 0 Å². The average Bonchev–Trinajstić information content (AvgIpc) is 3.13. The number of aryl methyl sites for hydroxylation is 2. The van der Waals surface area contributed by atoms with Gasteiger partial charge < -0.3 is 9.80 Å². The summed E-state index contributed by atoms with van der Waals surface area (Å²) >= 11 is 0. The lowest BCUT2D eigenvalue weighted by Crippen LogP contribution is -2.45. The van der Waals surface area contributed by atoms with Crippen LogP contribution in [0.25, 0.3) is 5.69 Å². The van der Waals surface area contributed by atoms with Crippen LogP contribution in [0.5, 0.6) is 0 Å². The fraction of sp³-hybridized carbons (Fsp3) is 0.360. The molecule has 0 unspecified atom stereocenters.